The van der Waals surface area contributed by atoms with Gasteiger partial charge >= 0.3 is 0 Å². The molecule has 5 nitrogen and oxygen atoms in total. The molecule has 2 atom stereocenters. The second kappa shape index (κ2) is 12.0. The third-order valence-electron chi connectivity index (χ3n) is 5.28. The van der Waals surface area contributed by atoms with Crippen molar-refractivity contribution in [1.82, 2.24) is 9.80 Å². The Labute approximate surface area is 169 Å². The van der Waals surface area contributed by atoms with E-state index in [1.54, 1.807) is 0 Å². The molecule has 1 saturated heterocycles. The summed E-state index contributed by atoms with van der Waals surface area (Å²) in [6.07, 6.45) is 3.39. The number of hydrogen-bond donors (Lipinski definition) is 1. The first kappa shape index (κ1) is 23.4. The van der Waals surface area contributed by atoms with E-state index in [0.29, 0.717) is 26.2 Å². The van der Waals surface area contributed by atoms with Gasteiger partial charge in [-0.05, 0) is 37.8 Å². The predicted molar refractivity (Wildman–Crippen MR) is 112 cm³/mol. The van der Waals surface area contributed by atoms with Gasteiger partial charge in [-0.25, -0.2) is 0 Å². The van der Waals surface area contributed by atoms with Crippen molar-refractivity contribution < 1.29 is 9.59 Å². The molecular weight excluding hydrogens is 362 g/mol. The molecule has 2 amide bonds. The van der Waals surface area contributed by atoms with Crippen LogP contribution in [0.4, 0.5) is 0 Å². The van der Waals surface area contributed by atoms with Gasteiger partial charge in [-0.15, -0.1) is 12.4 Å². The molecule has 27 heavy (non-hydrogen) atoms. The molecule has 0 spiro atoms. The summed E-state index contributed by atoms with van der Waals surface area (Å²) in [5.74, 6) is 0.269. The number of benzene rings is 1. The second-order valence-corrected chi connectivity index (χ2v) is 7.32. The number of rotatable bonds is 8. The van der Waals surface area contributed by atoms with Gasteiger partial charge in [0.2, 0.25) is 11.8 Å². The third kappa shape index (κ3) is 6.82. The Bertz CT molecular complexity index is 582. The summed E-state index contributed by atoms with van der Waals surface area (Å²) in [5, 5.41) is 0. The van der Waals surface area contributed by atoms with Crippen molar-refractivity contribution in [3.05, 3.63) is 35.9 Å². The summed E-state index contributed by atoms with van der Waals surface area (Å²) in [6.45, 7) is 7.17. The molecular formula is C21H34ClN3O2. The van der Waals surface area contributed by atoms with Gasteiger partial charge in [0.1, 0.15) is 0 Å². The Hall–Kier alpha value is -1.59. The minimum Gasteiger partial charge on any atom is -0.342 e. The van der Waals surface area contributed by atoms with E-state index in [4.69, 9.17) is 5.73 Å². The molecule has 1 heterocycles. The lowest BCUT2D eigenvalue weighted by Crippen LogP contribution is -2.48. The Morgan fingerprint density at radius 1 is 1.30 bits per heavy atom. The highest BCUT2D eigenvalue weighted by molar-refractivity contribution is 5.85. The van der Waals surface area contributed by atoms with E-state index in [1.807, 2.05) is 54.0 Å². The summed E-state index contributed by atoms with van der Waals surface area (Å²) in [6, 6.07) is 10.1. The fourth-order valence-corrected chi connectivity index (χ4v) is 3.48. The van der Waals surface area contributed by atoms with Gasteiger partial charge < -0.3 is 15.5 Å². The number of carbonyl (C=O) groups is 2. The zero-order valence-electron chi connectivity index (χ0n) is 16.6. The van der Waals surface area contributed by atoms with Crippen LogP contribution in [0.15, 0.2) is 30.3 Å². The number of amides is 2. The lowest BCUT2D eigenvalue weighted by molar-refractivity contribution is -0.143. The van der Waals surface area contributed by atoms with Crippen LogP contribution in [-0.2, 0) is 16.1 Å². The smallest absolute Gasteiger partial charge is 0.227 e. The number of nitrogens with zero attached hydrogens (tertiary/aromatic N) is 2. The van der Waals surface area contributed by atoms with Crippen molar-refractivity contribution in [2.75, 3.05) is 26.2 Å². The minimum absolute atomic E-state index is 0. The molecule has 0 aromatic heterocycles. The van der Waals surface area contributed by atoms with Crippen LogP contribution in [0.3, 0.4) is 0 Å². The van der Waals surface area contributed by atoms with E-state index in [2.05, 4.69) is 0 Å². The number of nitrogens with two attached hydrogens (primary N) is 1. The molecule has 2 unspecified atom stereocenters. The average molecular weight is 396 g/mol. The highest BCUT2D eigenvalue weighted by Gasteiger charge is 2.32. The van der Waals surface area contributed by atoms with Crippen molar-refractivity contribution in [3.8, 4) is 0 Å². The zero-order valence-corrected chi connectivity index (χ0v) is 17.4. The summed E-state index contributed by atoms with van der Waals surface area (Å²) in [5.41, 5.74) is 6.79. The average Bonchev–Trinajstić information content (AvgIpc) is 2.70. The maximum atomic E-state index is 13.2. The molecule has 0 aliphatic carbocycles. The number of hydrogen-bond acceptors (Lipinski definition) is 3. The van der Waals surface area contributed by atoms with Gasteiger partial charge in [-0.2, -0.15) is 0 Å². The van der Waals surface area contributed by atoms with Crippen LogP contribution in [0.5, 0.6) is 0 Å². The molecule has 1 aromatic rings. The predicted octanol–water partition coefficient (Wildman–Crippen LogP) is 3.07. The summed E-state index contributed by atoms with van der Waals surface area (Å²) >= 11 is 0. The van der Waals surface area contributed by atoms with Crippen LogP contribution in [-0.4, -0.2) is 47.8 Å². The Morgan fingerprint density at radius 3 is 2.63 bits per heavy atom. The van der Waals surface area contributed by atoms with E-state index in [1.165, 1.54) is 0 Å². The highest BCUT2D eigenvalue weighted by atomic mass is 35.5. The second-order valence-electron chi connectivity index (χ2n) is 7.32. The molecule has 2 rings (SSSR count). The lowest BCUT2D eigenvalue weighted by Gasteiger charge is -2.36. The number of carbonyl (C=O) groups excluding carboxylic acids is 2. The van der Waals surface area contributed by atoms with Crippen LogP contribution in [0.2, 0.25) is 0 Å². The van der Waals surface area contributed by atoms with Gasteiger partial charge in [0, 0.05) is 32.1 Å². The van der Waals surface area contributed by atoms with Gasteiger partial charge in [0.25, 0.3) is 0 Å². The van der Waals surface area contributed by atoms with Gasteiger partial charge in [-0.3, -0.25) is 9.59 Å². The summed E-state index contributed by atoms with van der Waals surface area (Å²) in [7, 11) is 0. The molecule has 0 radical (unpaired) electrons. The Morgan fingerprint density at radius 2 is 2.00 bits per heavy atom. The largest absolute Gasteiger partial charge is 0.342 e. The molecule has 6 heteroatoms. The van der Waals surface area contributed by atoms with Crippen LogP contribution in [0, 0.1) is 11.8 Å². The van der Waals surface area contributed by atoms with E-state index >= 15 is 0 Å². The van der Waals surface area contributed by atoms with Gasteiger partial charge in [-0.1, -0.05) is 44.2 Å². The fourth-order valence-electron chi connectivity index (χ4n) is 3.48. The SMILES string of the molecule is CCC(C)C(=O)N1CCCC(C(=O)N(CCCN)Cc2ccccc2)C1.Cl. The fraction of sp³-hybridized carbons (Fsp3) is 0.619. The van der Waals surface area contributed by atoms with Crippen molar-refractivity contribution in [2.45, 2.75) is 46.1 Å². The van der Waals surface area contributed by atoms with Crippen LogP contribution < -0.4 is 5.73 Å². The molecule has 1 aliphatic heterocycles. The molecule has 0 bridgehead atoms. The molecule has 1 aliphatic rings. The maximum absolute atomic E-state index is 13.2. The quantitative estimate of drug-likeness (QED) is 0.735. The highest BCUT2D eigenvalue weighted by Crippen LogP contribution is 2.22. The van der Waals surface area contributed by atoms with Gasteiger partial charge in [0.05, 0.1) is 5.92 Å². The third-order valence-corrected chi connectivity index (χ3v) is 5.28. The van der Waals surface area contributed by atoms with E-state index in [-0.39, 0.29) is 36.1 Å². The first-order valence-corrected chi connectivity index (χ1v) is 9.88. The monoisotopic (exact) mass is 395 g/mol. The van der Waals surface area contributed by atoms with Crippen LogP contribution in [0.25, 0.3) is 0 Å². The molecule has 1 fully saturated rings. The van der Waals surface area contributed by atoms with Crippen molar-refractivity contribution in [3.63, 3.8) is 0 Å². The zero-order chi connectivity index (χ0) is 18.9. The number of likely N-dealkylation sites (tertiary alicyclic amines) is 1. The lowest BCUT2D eigenvalue weighted by atomic mass is 9.94. The van der Waals surface area contributed by atoms with Crippen LogP contribution >= 0.6 is 12.4 Å². The van der Waals surface area contributed by atoms with Crippen molar-refractivity contribution in [1.29, 1.82) is 0 Å². The summed E-state index contributed by atoms with van der Waals surface area (Å²) < 4.78 is 0. The number of halogens is 1. The van der Waals surface area contributed by atoms with E-state index < -0.39 is 0 Å². The maximum Gasteiger partial charge on any atom is 0.227 e. The topological polar surface area (TPSA) is 66.6 Å². The van der Waals surface area contributed by atoms with Crippen molar-refractivity contribution in [2.24, 2.45) is 17.6 Å². The standard InChI is InChI=1S/C21H33N3O2.ClH/c1-3-17(2)20(25)24-13-7-11-19(16-24)21(26)23(14-8-12-22)15-18-9-5-4-6-10-18;/h4-6,9-10,17,19H,3,7-8,11-16,22H2,1-2H3;1H. The first-order valence-electron chi connectivity index (χ1n) is 9.88. The molecule has 2 N–H and O–H groups in total. The van der Waals surface area contributed by atoms with Crippen LogP contribution in [0.1, 0.15) is 45.1 Å². The van der Waals surface area contributed by atoms with E-state index in [9.17, 15) is 9.59 Å². The molecule has 0 saturated carbocycles. The minimum atomic E-state index is -0.0988. The Balaban J connectivity index is 0.00000364. The summed E-state index contributed by atoms with van der Waals surface area (Å²) in [4.78, 5) is 29.5. The molecule has 152 valence electrons. The van der Waals surface area contributed by atoms with Crippen molar-refractivity contribution >= 4 is 24.2 Å². The van der Waals surface area contributed by atoms with E-state index in [0.717, 1.165) is 37.8 Å². The Kier molecular flexibility index (Phi) is 10.4. The molecule has 1 aromatic carbocycles. The normalized spacial score (nSPS) is 17.7. The van der Waals surface area contributed by atoms with Gasteiger partial charge in [0.15, 0.2) is 0 Å². The first-order chi connectivity index (χ1) is 12.6. The number of piperidine rings is 1.